The van der Waals surface area contributed by atoms with E-state index in [0.29, 0.717) is 24.4 Å². The minimum Gasteiger partial charge on any atom is -0.484 e. The van der Waals surface area contributed by atoms with Crippen molar-refractivity contribution < 1.29 is 14.3 Å². The number of hydrogen-bond acceptors (Lipinski definition) is 4. The number of rotatable bonds is 6. The summed E-state index contributed by atoms with van der Waals surface area (Å²) in [6.45, 7) is 1.31. The van der Waals surface area contributed by atoms with Crippen LogP contribution in [0.15, 0.2) is 66.7 Å². The number of amidine groups is 1. The standard InChI is InChI=1S/C27H31N5O3/c28-26(29)22-11-9-20(10-12-22)18-32(27(34)31-15-5-1-2-6-16-31)30-25(33)19-35-24-14-13-21-7-3-4-8-23(21)17-24/h3-4,7-14,17H,1-2,5-6,15-16,18-19H2,(H3,28,29)(H,30,33). The maximum absolute atomic E-state index is 13.3. The van der Waals surface area contributed by atoms with Gasteiger partial charge in [0.15, 0.2) is 6.61 Å². The Hall–Kier alpha value is -4.07. The second-order valence-electron chi connectivity index (χ2n) is 8.71. The highest BCUT2D eigenvalue weighted by Crippen LogP contribution is 2.20. The third kappa shape index (κ3) is 6.50. The Labute approximate surface area is 205 Å². The lowest BCUT2D eigenvalue weighted by molar-refractivity contribution is -0.127. The predicted molar refractivity (Wildman–Crippen MR) is 136 cm³/mol. The summed E-state index contributed by atoms with van der Waals surface area (Å²) in [6, 6.07) is 20.4. The van der Waals surface area contributed by atoms with Crippen molar-refractivity contribution in [2.24, 2.45) is 5.73 Å². The summed E-state index contributed by atoms with van der Waals surface area (Å²) in [6.07, 6.45) is 4.10. The molecule has 1 aliphatic rings. The highest BCUT2D eigenvalue weighted by molar-refractivity contribution is 5.94. The number of likely N-dealkylation sites (tertiary alicyclic amines) is 1. The molecule has 8 heteroatoms. The van der Waals surface area contributed by atoms with Crippen molar-refractivity contribution in [2.45, 2.75) is 32.2 Å². The van der Waals surface area contributed by atoms with Crippen LogP contribution >= 0.6 is 0 Å². The van der Waals surface area contributed by atoms with E-state index in [9.17, 15) is 9.59 Å². The van der Waals surface area contributed by atoms with Crippen molar-refractivity contribution in [2.75, 3.05) is 19.7 Å². The first-order valence-corrected chi connectivity index (χ1v) is 11.9. The quantitative estimate of drug-likeness (QED) is 0.285. The maximum atomic E-state index is 13.3. The third-order valence-corrected chi connectivity index (χ3v) is 6.06. The molecule has 0 aromatic heterocycles. The topological polar surface area (TPSA) is 112 Å². The van der Waals surface area contributed by atoms with Gasteiger partial charge in [-0.25, -0.2) is 9.80 Å². The molecule has 0 aliphatic carbocycles. The molecular weight excluding hydrogens is 442 g/mol. The van der Waals surface area contributed by atoms with Crippen LogP contribution in [0.1, 0.15) is 36.8 Å². The molecule has 182 valence electrons. The Morgan fingerprint density at radius 1 is 0.943 bits per heavy atom. The van der Waals surface area contributed by atoms with Gasteiger partial charge in [0.1, 0.15) is 11.6 Å². The van der Waals surface area contributed by atoms with Gasteiger partial charge in [-0.2, -0.15) is 0 Å². The fourth-order valence-electron chi connectivity index (χ4n) is 4.15. The number of urea groups is 1. The van der Waals surface area contributed by atoms with Crippen LogP contribution in [0.5, 0.6) is 5.75 Å². The molecule has 8 nitrogen and oxygen atoms in total. The summed E-state index contributed by atoms with van der Waals surface area (Å²) in [4.78, 5) is 27.9. The monoisotopic (exact) mass is 473 g/mol. The molecule has 1 fully saturated rings. The zero-order valence-electron chi connectivity index (χ0n) is 19.7. The Kier molecular flexibility index (Phi) is 7.82. The number of hydrazine groups is 1. The van der Waals surface area contributed by atoms with Crippen molar-refractivity contribution in [1.82, 2.24) is 15.3 Å². The Morgan fingerprint density at radius 3 is 2.31 bits per heavy atom. The van der Waals surface area contributed by atoms with Gasteiger partial charge in [-0.3, -0.25) is 15.6 Å². The van der Waals surface area contributed by atoms with E-state index in [1.165, 1.54) is 5.01 Å². The lowest BCUT2D eigenvalue weighted by Crippen LogP contribution is -2.52. The van der Waals surface area contributed by atoms with Crippen LogP contribution in [0, 0.1) is 5.41 Å². The first kappa shape index (κ1) is 24.1. The van der Waals surface area contributed by atoms with E-state index >= 15 is 0 Å². The van der Waals surface area contributed by atoms with Crippen LogP contribution in [0.2, 0.25) is 0 Å². The van der Waals surface area contributed by atoms with Crippen molar-refractivity contribution >= 4 is 28.5 Å². The second kappa shape index (κ2) is 11.4. The summed E-state index contributed by atoms with van der Waals surface area (Å²) in [5.41, 5.74) is 9.70. The number of amides is 3. The molecule has 4 N–H and O–H groups in total. The summed E-state index contributed by atoms with van der Waals surface area (Å²) < 4.78 is 5.71. The molecule has 0 atom stereocenters. The average molecular weight is 474 g/mol. The largest absolute Gasteiger partial charge is 0.484 e. The third-order valence-electron chi connectivity index (χ3n) is 6.06. The number of nitrogens with zero attached hydrogens (tertiary/aromatic N) is 2. The number of nitrogen functional groups attached to an aromatic ring is 1. The molecule has 1 heterocycles. The van der Waals surface area contributed by atoms with Gasteiger partial charge >= 0.3 is 6.03 Å². The number of nitrogens with one attached hydrogen (secondary N) is 2. The molecular formula is C27H31N5O3. The number of carbonyl (C=O) groups excluding carboxylic acids is 2. The van der Waals surface area contributed by atoms with Crippen molar-refractivity contribution in [3.05, 3.63) is 77.9 Å². The van der Waals surface area contributed by atoms with Crippen LogP contribution < -0.4 is 15.9 Å². The van der Waals surface area contributed by atoms with E-state index in [2.05, 4.69) is 5.43 Å². The van der Waals surface area contributed by atoms with Crippen LogP contribution in [-0.2, 0) is 11.3 Å². The average Bonchev–Trinajstić information content (AvgIpc) is 3.16. The van der Waals surface area contributed by atoms with Crippen molar-refractivity contribution in [1.29, 1.82) is 5.41 Å². The molecule has 1 aliphatic heterocycles. The molecule has 3 aromatic carbocycles. The Balaban J connectivity index is 1.44. The molecule has 0 saturated carbocycles. The van der Waals surface area contributed by atoms with E-state index in [4.69, 9.17) is 15.9 Å². The number of fused-ring (bicyclic) bond motifs is 1. The molecule has 0 bridgehead atoms. The van der Waals surface area contributed by atoms with E-state index in [-0.39, 0.29) is 25.0 Å². The Morgan fingerprint density at radius 2 is 1.63 bits per heavy atom. The Bertz CT molecular complexity index is 1190. The van der Waals surface area contributed by atoms with E-state index < -0.39 is 5.91 Å². The van der Waals surface area contributed by atoms with E-state index in [0.717, 1.165) is 42.0 Å². The molecule has 1 saturated heterocycles. The predicted octanol–water partition coefficient (Wildman–Crippen LogP) is 4.03. The van der Waals surface area contributed by atoms with Gasteiger partial charge in [0.05, 0.1) is 6.54 Å². The first-order valence-electron chi connectivity index (χ1n) is 11.9. The van der Waals surface area contributed by atoms with E-state index in [1.807, 2.05) is 42.5 Å². The molecule has 3 amide bonds. The highest BCUT2D eigenvalue weighted by atomic mass is 16.5. The fraction of sp³-hybridized carbons (Fsp3) is 0.296. The van der Waals surface area contributed by atoms with Crippen LogP contribution in [0.25, 0.3) is 10.8 Å². The van der Waals surface area contributed by atoms with Crippen LogP contribution in [0.4, 0.5) is 4.79 Å². The van der Waals surface area contributed by atoms with Gasteiger partial charge < -0.3 is 15.4 Å². The SMILES string of the molecule is N=C(N)c1ccc(CN(NC(=O)COc2ccc3ccccc3c2)C(=O)N2CCCCCC2)cc1. The summed E-state index contributed by atoms with van der Waals surface area (Å²) in [7, 11) is 0. The van der Waals surface area contributed by atoms with Gasteiger partial charge in [0.2, 0.25) is 0 Å². The maximum Gasteiger partial charge on any atom is 0.339 e. The molecule has 0 radical (unpaired) electrons. The normalized spacial score (nSPS) is 13.7. The van der Waals surface area contributed by atoms with Crippen molar-refractivity contribution in [3.63, 3.8) is 0 Å². The molecule has 3 aromatic rings. The number of benzene rings is 3. The first-order chi connectivity index (χ1) is 17.0. The lowest BCUT2D eigenvalue weighted by Gasteiger charge is -2.30. The lowest BCUT2D eigenvalue weighted by atomic mass is 10.1. The molecule has 0 unspecified atom stereocenters. The zero-order valence-corrected chi connectivity index (χ0v) is 19.7. The summed E-state index contributed by atoms with van der Waals surface area (Å²) >= 11 is 0. The second-order valence-corrected chi connectivity index (χ2v) is 8.71. The minimum absolute atomic E-state index is 0.0202. The van der Waals surface area contributed by atoms with Crippen LogP contribution in [0.3, 0.4) is 0 Å². The number of carbonyl (C=O) groups is 2. The highest BCUT2D eigenvalue weighted by Gasteiger charge is 2.24. The molecule has 4 rings (SSSR count). The van der Waals surface area contributed by atoms with E-state index in [1.54, 1.807) is 29.2 Å². The summed E-state index contributed by atoms with van der Waals surface area (Å²) in [5, 5.41) is 11.0. The summed E-state index contributed by atoms with van der Waals surface area (Å²) in [5.74, 6) is 0.152. The van der Waals surface area contributed by atoms with Gasteiger partial charge in [-0.15, -0.1) is 0 Å². The zero-order chi connectivity index (χ0) is 24.6. The minimum atomic E-state index is -0.415. The smallest absolute Gasteiger partial charge is 0.339 e. The van der Waals surface area contributed by atoms with Gasteiger partial charge in [-0.1, -0.05) is 67.4 Å². The van der Waals surface area contributed by atoms with Crippen molar-refractivity contribution in [3.8, 4) is 5.75 Å². The van der Waals surface area contributed by atoms with Gasteiger partial charge in [0, 0.05) is 18.7 Å². The fourth-order valence-corrected chi connectivity index (χ4v) is 4.15. The number of ether oxygens (including phenoxy) is 1. The van der Waals surface area contributed by atoms with Gasteiger partial charge in [0.25, 0.3) is 5.91 Å². The molecule has 35 heavy (non-hydrogen) atoms. The number of hydrogen-bond donors (Lipinski definition) is 3. The molecule has 0 spiro atoms. The number of nitrogens with two attached hydrogens (primary N) is 1. The van der Waals surface area contributed by atoms with Crippen LogP contribution in [-0.4, -0.2) is 47.4 Å². The van der Waals surface area contributed by atoms with Gasteiger partial charge in [-0.05, 0) is 41.3 Å².